The van der Waals surface area contributed by atoms with Crippen molar-refractivity contribution in [3.05, 3.63) is 11.5 Å². The molecule has 0 aromatic carbocycles. The first-order valence-corrected chi connectivity index (χ1v) is 8.56. The Morgan fingerprint density at radius 3 is 2.10 bits per heavy atom. The van der Waals surface area contributed by atoms with Crippen molar-refractivity contribution in [2.75, 3.05) is 0 Å². The quantitative estimate of drug-likeness (QED) is 0.490. The van der Waals surface area contributed by atoms with E-state index < -0.39 is 0 Å². The van der Waals surface area contributed by atoms with Crippen LogP contribution in [0, 0.1) is 11.3 Å². The molecule has 1 aliphatic heterocycles. The summed E-state index contributed by atoms with van der Waals surface area (Å²) in [5, 5.41) is 0. The molecule has 1 saturated carbocycles. The fourth-order valence-electron chi connectivity index (χ4n) is 3.39. The van der Waals surface area contributed by atoms with Gasteiger partial charge in [0.15, 0.2) is 0 Å². The van der Waals surface area contributed by atoms with E-state index >= 15 is 0 Å². The van der Waals surface area contributed by atoms with Crippen molar-refractivity contribution in [2.24, 2.45) is 11.3 Å². The lowest BCUT2D eigenvalue weighted by Gasteiger charge is -2.32. The van der Waals surface area contributed by atoms with Gasteiger partial charge in [-0.05, 0) is 71.1 Å². The molecule has 0 radical (unpaired) electrons. The van der Waals surface area contributed by atoms with Gasteiger partial charge in [-0.3, -0.25) is 0 Å². The van der Waals surface area contributed by atoms with E-state index in [1.807, 2.05) is 0 Å². The first-order chi connectivity index (χ1) is 9.51. The summed E-state index contributed by atoms with van der Waals surface area (Å²) < 4.78 is 12.2. The van der Waals surface area contributed by atoms with E-state index in [1.165, 1.54) is 37.7 Å². The van der Waals surface area contributed by atoms with Crippen LogP contribution in [0.25, 0.3) is 0 Å². The van der Waals surface area contributed by atoms with Crippen LogP contribution in [0.5, 0.6) is 0 Å². The largest absolute Gasteiger partial charge is 0.487 e. The lowest BCUT2D eigenvalue weighted by atomic mass is 9.76. The highest BCUT2D eigenvalue weighted by molar-refractivity contribution is 6.51. The van der Waals surface area contributed by atoms with Crippen molar-refractivity contribution in [3.63, 3.8) is 0 Å². The van der Waals surface area contributed by atoms with E-state index in [4.69, 9.17) is 9.31 Å². The van der Waals surface area contributed by atoms with Gasteiger partial charge in [-0.1, -0.05) is 32.3 Å². The molecule has 3 heteroatoms. The molecule has 1 aliphatic carbocycles. The highest BCUT2D eigenvalue weighted by atomic mass is 16.7. The van der Waals surface area contributed by atoms with E-state index in [0.717, 1.165) is 5.92 Å². The molecule has 0 aromatic heterocycles. The SMILES string of the molecule is CC(C)(C)C1CCC/C(=C/B2OC(C)(C)C(C)(C)O2)CC1. The Hall–Kier alpha value is -0.275. The van der Waals surface area contributed by atoms with Gasteiger partial charge in [-0.25, -0.2) is 0 Å². The summed E-state index contributed by atoms with van der Waals surface area (Å²) in [4.78, 5) is 0. The second kappa shape index (κ2) is 5.74. The molecule has 0 aromatic rings. The van der Waals surface area contributed by atoms with Gasteiger partial charge in [0, 0.05) is 0 Å². The van der Waals surface area contributed by atoms with E-state index in [9.17, 15) is 0 Å². The second-order valence-electron chi connectivity index (χ2n) is 8.94. The van der Waals surface area contributed by atoms with Crippen molar-refractivity contribution in [1.29, 1.82) is 0 Å². The Balaban J connectivity index is 2.00. The van der Waals surface area contributed by atoms with Gasteiger partial charge in [0.25, 0.3) is 0 Å². The third kappa shape index (κ3) is 3.93. The van der Waals surface area contributed by atoms with Crippen LogP contribution in [0.4, 0.5) is 0 Å². The molecule has 2 rings (SSSR count). The maximum absolute atomic E-state index is 6.10. The molecule has 1 atom stereocenters. The second-order valence-corrected chi connectivity index (χ2v) is 8.94. The molecular formula is C18H33BO2. The summed E-state index contributed by atoms with van der Waals surface area (Å²) >= 11 is 0. The van der Waals surface area contributed by atoms with Crippen LogP contribution in [-0.2, 0) is 9.31 Å². The third-order valence-electron chi connectivity index (χ3n) is 5.73. The molecule has 0 amide bonds. The number of hydrogen-bond donors (Lipinski definition) is 0. The van der Waals surface area contributed by atoms with E-state index in [1.54, 1.807) is 0 Å². The van der Waals surface area contributed by atoms with E-state index in [0.29, 0.717) is 5.41 Å². The predicted molar refractivity (Wildman–Crippen MR) is 90.2 cm³/mol. The first kappa shape index (κ1) is 17.1. The van der Waals surface area contributed by atoms with Crippen LogP contribution in [0.15, 0.2) is 11.5 Å². The minimum Gasteiger partial charge on any atom is -0.400 e. The third-order valence-corrected chi connectivity index (χ3v) is 5.73. The van der Waals surface area contributed by atoms with Gasteiger partial charge < -0.3 is 9.31 Å². The van der Waals surface area contributed by atoms with Gasteiger partial charge in [-0.15, -0.1) is 0 Å². The maximum Gasteiger partial charge on any atom is 0.487 e. The van der Waals surface area contributed by atoms with Crippen LogP contribution < -0.4 is 0 Å². The van der Waals surface area contributed by atoms with Crippen molar-refractivity contribution < 1.29 is 9.31 Å². The zero-order chi connectivity index (χ0) is 15.9. The van der Waals surface area contributed by atoms with Crippen LogP contribution in [0.2, 0.25) is 0 Å². The highest BCUT2D eigenvalue weighted by Crippen LogP contribution is 2.40. The lowest BCUT2D eigenvalue weighted by molar-refractivity contribution is 0.00578. The molecular weight excluding hydrogens is 259 g/mol. The van der Waals surface area contributed by atoms with Crippen molar-refractivity contribution in [3.8, 4) is 0 Å². The average molecular weight is 292 g/mol. The molecule has 0 N–H and O–H groups in total. The Kier molecular flexibility index (Phi) is 4.67. The Bertz CT molecular complexity index is 388. The summed E-state index contributed by atoms with van der Waals surface area (Å²) in [5.74, 6) is 3.09. The summed E-state index contributed by atoms with van der Waals surface area (Å²) in [5.41, 5.74) is 1.50. The summed E-state index contributed by atoms with van der Waals surface area (Å²) in [6, 6.07) is 0. The standard InChI is InChI=1S/C18H33BO2/c1-16(2,3)15-10-8-9-14(11-12-15)13-19-20-17(4,5)18(6,7)21-19/h13,15H,8-12H2,1-7H3/b14-13-. The number of hydrogen-bond acceptors (Lipinski definition) is 2. The van der Waals surface area contributed by atoms with Gasteiger partial charge in [-0.2, -0.15) is 0 Å². The molecule has 1 unspecified atom stereocenters. The van der Waals surface area contributed by atoms with Gasteiger partial charge in [0.1, 0.15) is 0 Å². The average Bonchev–Trinajstić information content (AvgIpc) is 2.49. The van der Waals surface area contributed by atoms with Crippen LogP contribution in [0.3, 0.4) is 0 Å². The molecule has 1 heterocycles. The van der Waals surface area contributed by atoms with Crippen molar-refractivity contribution >= 4 is 7.12 Å². The Labute approximate surface area is 131 Å². The molecule has 2 fully saturated rings. The summed E-state index contributed by atoms with van der Waals surface area (Å²) in [7, 11) is -0.170. The zero-order valence-electron chi connectivity index (χ0n) is 15.1. The fourth-order valence-corrected chi connectivity index (χ4v) is 3.39. The molecule has 21 heavy (non-hydrogen) atoms. The minimum atomic E-state index is -0.229. The molecule has 2 nitrogen and oxygen atoms in total. The lowest BCUT2D eigenvalue weighted by Crippen LogP contribution is -2.41. The van der Waals surface area contributed by atoms with Crippen LogP contribution in [0.1, 0.15) is 80.6 Å². The maximum atomic E-state index is 6.10. The topological polar surface area (TPSA) is 18.5 Å². The summed E-state index contributed by atoms with van der Waals surface area (Å²) in [6.07, 6.45) is 6.36. The normalized spacial score (nSPS) is 31.5. The van der Waals surface area contributed by atoms with Crippen LogP contribution in [-0.4, -0.2) is 18.3 Å². The van der Waals surface area contributed by atoms with Crippen LogP contribution >= 0.6 is 0 Å². The molecule has 0 spiro atoms. The number of allylic oxidation sites excluding steroid dienone is 1. The molecule has 0 bridgehead atoms. The molecule has 1 saturated heterocycles. The smallest absolute Gasteiger partial charge is 0.400 e. The van der Waals surface area contributed by atoms with Crippen molar-refractivity contribution in [2.45, 2.75) is 91.8 Å². The highest BCUT2D eigenvalue weighted by Gasteiger charge is 2.50. The minimum absolute atomic E-state index is 0.170. The molecule has 2 aliphatic rings. The van der Waals surface area contributed by atoms with Gasteiger partial charge in [0.2, 0.25) is 0 Å². The first-order valence-electron chi connectivity index (χ1n) is 8.56. The number of rotatable bonds is 1. The Morgan fingerprint density at radius 2 is 1.57 bits per heavy atom. The van der Waals surface area contributed by atoms with Gasteiger partial charge in [0.05, 0.1) is 11.2 Å². The van der Waals surface area contributed by atoms with Gasteiger partial charge >= 0.3 is 7.12 Å². The van der Waals surface area contributed by atoms with E-state index in [-0.39, 0.29) is 18.3 Å². The van der Waals surface area contributed by atoms with Crippen molar-refractivity contribution in [1.82, 2.24) is 0 Å². The van der Waals surface area contributed by atoms with E-state index in [2.05, 4.69) is 54.4 Å². The fraction of sp³-hybridized carbons (Fsp3) is 0.889. The monoisotopic (exact) mass is 292 g/mol. The zero-order valence-corrected chi connectivity index (χ0v) is 15.1. The predicted octanol–water partition coefficient (Wildman–Crippen LogP) is 5.17. The Morgan fingerprint density at radius 1 is 1.00 bits per heavy atom. The summed E-state index contributed by atoms with van der Waals surface area (Å²) in [6.45, 7) is 15.6. The molecule has 120 valence electrons.